The van der Waals surface area contributed by atoms with Crippen molar-refractivity contribution in [1.82, 2.24) is 10.6 Å². The highest BCUT2D eigenvalue weighted by Crippen LogP contribution is 2.21. The number of halogens is 2. The number of rotatable bonds is 5. The van der Waals surface area contributed by atoms with Crippen molar-refractivity contribution in [1.29, 1.82) is 0 Å². The predicted molar refractivity (Wildman–Crippen MR) is 82.8 cm³/mol. The number of hydrogen-bond donors (Lipinski definition) is 2. The van der Waals surface area contributed by atoms with Crippen molar-refractivity contribution in [2.24, 2.45) is 11.8 Å². The number of hydrogen-bond acceptors (Lipinski definition) is 2. The Hall–Kier alpha value is -1.43. The molecule has 0 bridgehead atoms. The van der Waals surface area contributed by atoms with E-state index >= 15 is 0 Å². The quantitative estimate of drug-likeness (QED) is 0.794. The van der Waals surface area contributed by atoms with E-state index in [0.717, 1.165) is 0 Å². The highest BCUT2D eigenvalue weighted by atomic mass is 79.9. The fourth-order valence-electron chi connectivity index (χ4n) is 1.55. The van der Waals surface area contributed by atoms with Crippen LogP contribution in [-0.2, 0) is 9.59 Å². The summed E-state index contributed by atoms with van der Waals surface area (Å²) in [6, 6.07) is 4.39. The van der Waals surface area contributed by atoms with Gasteiger partial charge in [0.2, 0.25) is 11.8 Å². The summed E-state index contributed by atoms with van der Waals surface area (Å²) in [6.45, 7) is 6.92. The summed E-state index contributed by atoms with van der Waals surface area (Å²) in [5.74, 6) is -1.54. The highest BCUT2D eigenvalue weighted by molar-refractivity contribution is 9.10. The number of carbonyl (C=O) groups is 2. The summed E-state index contributed by atoms with van der Waals surface area (Å²) < 4.78 is 14.7. The van der Waals surface area contributed by atoms with Gasteiger partial charge in [-0.2, -0.15) is 0 Å². The van der Waals surface area contributed by atoms with Gasteiger partial charge in [-0.15, -0.1) is 0 Å². The Morgan fingerprint density at radius 2 is 1.52 bits per heavy atom. The third kappa shape index (κ3) is 5.12. The molecule has 1 aromatic carbocycles. The lowest BCUT2D eigenvalue weighted by molar-refractivity contribution is -0.127. The molecule has 0 fully saturated rings. The molecule has 1 rings (SSSR count). The van der Waals surface area contributed by atoms with Crippen LogP contribution in [0.3, 0.4) is 0 Å². The minimum Gasteiger partial charge on any atom is -0.332 e. The molecule has 0 aromatic heterocycles. The molecule has 2 N–H and O–H groups in total. The first-order chi connectivity index (χ1) is 9.72. The first-order valence-corrected chi connectivity index (χ1v) is 7.57. The molecule has 21 heavy (non-hydrogen) atoms. The molecule has 116 valence electrons. The topological polar surface area (TPSA) is 58.2 Å². The molecule has 0 heterocycles. The van der Waals surface area contributed by atoms with E-state index in [1.165, 1.54) is 6.07 Å². The van der Waals surface area contributed by atoms with E-state index in [0.29, 0.717) is 4.47 Å². The van der Waals surface area contributed by atoms with Crippen LogP contribution in [0.1, 0.15) is 39.4 Å². The van der Waals surface area contributed by atoms with Crippen LogP contribution in [0.15, 0.2) is 22.7 Å². The van der Waals surface area contributed by atoms with Crippen LogP contribution in [0, 0.1) is 17.7 Å². The van der Waals surface area contributed by atoms with Crippen LogP contribution in [0.25, 0.3) is 0 Å². The van der Waals surface area contributed by atoms with E-state index in [1.54, 1.807) is 39.8 Å². The van der Waals surface area contributed by atoms with E-state index in [1.807, 2.05) is 0 Å². The Morgan fingerprint density at radius 1 is 1.05 bits per heavy atom. The van der Waals surface area contributed by atoms with Gasteiger partial charge in [0, 0.05) is 21.9 Å². The van der Waals surface area contributed by atoms with E-state index < -0.39 is 12.0 Å². The lowest BCUT2D eigenvalue weighted by Crippen LogP contribution is -2.44. The van der Waals surface area contributed by atoms with Crippen molar-refractivity contribution in [3.05, 3.63) is 34.1 Å². The maximum atomic E-state index is 14.0. The Kier molecular flexibility index (Phi) is 6.33. The average Bonchev–Trinajstić information content (AvgIpc) is 2.40. The van der Waals surface area contributed by atoms with E-state index in [-0.39, 0.29) is 29.2 Å². The summed E-state index contributed by atoms with van der Waals surface area (Å²) in [5, 5.41) is 5.31. The molecule has 0 atom stereocenters. The van der Waals surface area contributed by atoms with E-state index in [2.05, 4.69) is 26.6 Å². The zero-order valence-electron chi connectivity index (χ0n) is 12.5. The van der Waals surface area contributed by atoms with Crippen molar-refractivity contribution in [3.8, 4) is 0 Å². The monoisotopic (exact) mass is 358 g/mol. The number of amides is 2. The Labute approximate surface area is 132 Å². The lowest BCUT2D eigenvalue weighted by atomic mass is 10.1. The van der Waals surface area contributed by atoms with Crippen LogP contribution in [0.5, 0.6) is 0 Å². The second-order valence-electron chi connectivity index (χ2n) is 5.43. The van der Waals surface area contributed by atoms with Gasteiger partial charge in [0.15, 0.2) is 0 Å². The molecule has 2 amide bonds. The summed E-state index contributed by atoms with van der Waals surface area (Å²) in [5.41, 5.74) is 0.215. The van der Waals surface area contributed by atoms with Crippen molar-refractivity contribution < 1.29 is 14.0 Å². The number of nitrogens with one attached hydrogen (secondary N) is 2. The van der Waals surface area contributed by atoms with Gasteiger partial charge in [-0.1, -0.05) is 43.6 Å². The van der Waals surface area contributed by atoms with Crippen molar-refractivity contribution in [2.75, 3.05) is 0 Å². The zero-order chi connectivity index (χ0) is 16.2. The fourth-order valence-corrected chi connectivity index (χ4v) is 1.92. The van der Waals surface area contributed by atoms with Gasteiger partial charge in [-0.05, 0) is 18.2 Å². The highest BCUT2D eigenvalue weighted by Gasteiger charge is 2.22. The van der Waals surface area contributed by atoms with Crippen molar-refractivity contribution in [3.63, 3.8) is 0 Å². The van der Waals surface area contributed by atoms with Crippen LogP contribution in [-0.4, -0.2) is 11.8 Å². The first kappa shape index (κ1) is 17.6. The molecule has 4 nitrogen and oxygen atoms in total. The maximum Gasteiger partial charge on any atom is 0.224 e. The second kappa shape index (κ2) is 7.54. The van der Waals surface area contributed by atoms with E-state index in [4.69, 9.17) is 0 Å². The molecule has 0 aliphatic heterocycles. The molecule has 1 aromatic rings. The largest absolute Gasteiger partial charge is 0.332 e. The zero-order valence-corrected chi connectivity index (χ0v) is 14.1. The third-order valence-corrected chi connectivity index (χ3v) is 3.38. The molecule has 0 radical (unpaired) electrons. The summed E-state index contributed by atoms with van der Waals surface area (Å²) in [7, 11) is 0. The van der Waals surface area contributed by atoms with Gasteiger partial charge in [-0.25, -0.2) is 4.39 Å². The molecule has 0 unspecified atom stereocenters. The molecular formula is C15H20BrFN2O2. The number of carbonyl (C=O) groups excluding carboxylic acids is 2. The molecule has 0 aliphatic carbocycles. The Balaban J connectivity index is 3.08. The standard InChI is InChI=1S/C15H20BrFN2O2/c1-8(2)14(20)18-13(19-15(21)9(3)4)11-7-10(16)5-6-12(11)17/h5-9,13H,1-4H3,(H,18,20)(H,19,21). The Morgan fingerprint density at radius 3 is 1.95 bits per heavy atom. The molecular weight excluding hydrogens is 339 g/mol. The smallest absolute Gasteiger partial charge is 0.224 e. The summed E-state index contributed by atoms with van der Waals surface area (Å²) >= 11 is 3.26. The van der Waals surface area contributed by atoms with Gasteiger partial charge in [-0.3, -0.25) is 9.59 Å². The minimum absolute atomic E-state index is 0.215. The van der Waals surface area contributed by atoms with Crippen molar-refractivity contribution in [2.45, 2.75) is 33.9 Å². The predicted octanol–water partition coefficient (Wildman–Crippen LogP) is 3.13. The fraction of sp³-hybridized carbons (Fsp3) is 0.467. The lowest BCUT2D eigenvalue weighted by Gasteiger charge is -2.23. The van der Waals surface area contributed by atoms with Crippen LogP contribution in [0.4, 0.5) is 4.39 Å². The molecule has 0 aliphatic rings. The van der Waals surface area contributed by atoms with Gasteiger partial charge >= 0.3 is 0 Å². The molecule has 0 spiro atoms. The minimum atomic E-state index is -0.896. The normalized spacial score (nSPS) is 11.1. The van der Waals surface area contributed by atoms with Gasteiger partial charge in [0.25, 0.3) is 0 Å². The first-order valence-electron chi connectivity index (χ1n) is 6.78. The summed E-state index contributed by atoms with van der Waals surface area (Å²) in [4.78, 5) is 23.8. The Bertz CT molecular complexity index is 510. The third-order valence-electron chi connectivity index (χ3n) is 2.89. The van der Waals surface area contributed by atoms with Crippen LogP contribution < -0.4 is 10.6 Å². The van der Waals surface area contributed by atoms with Gasteiger partial charge in [0.1, 0.15) is 12.0 Å². The van der Waals surface area contributed by atoms with Crippen LogP contribution in [0.2, 0.25) is 0 Å². The second-order valence-corrected chi connectivity index (χ2v) is 6.34. The number of benzene rings is 1. The molecule has 0 saturated heterocycles. The molecule has 0 saturated carbocycles. The van der Waals surface area contributed by atoms with Crippen molar-refractivity contribution >= 4 is 27.7 Å². The average molecular weight is 359 g/mol. The molecule has 6 heteroatoms. The van der Waals surface area contributed by atoms with Crippen LogP contribution >= 0.6 is 15.9 Å². The van der Waals surface area contributed by atoms with E-state index in [9.17, 15) is 14.0 Å². The maximum absolute atomic E-state index is 14.0. The van der Waals surface area contributed by atoms with Gasteiger partial charge in [0.05, 0.1) is 0 Å². The van der Waals surface area contributed by atoms with Gasteiger partial charge < -0.3 is 10.6 Å². The SMILES string of the molecule is CC(C)C(=O)NC(NC(=O)C(C)C)c1cc(Br)ccc1F. The summed E-state index contributed by atoms with van der Waals surface area (Å²) in [6.07, 6.45) is -0.896.